The van der Waals surface area contributed by atoms with E-state index in [1.807, 2.05) is 0 Å². The maximum absolute atomic E-state index is 13.3. The second-order valence-corrected chi connectivity index (χ2v) is 11.1. The Morgan fingerprint density at radius 2 is 1.17 bits per heavy atom. The van der Waals surface area contributed by atoms with E-state index in [9.17, 15) is 9.13 Å². The van der Waals surface area contributed by atoms with Crippen molar-refractivity contribution in [3.8, 4) is 0 Å². The van der Waals surface area contributed by atoms with Gasteiger partial charge in [-0.15, -0.1) is 23.5 Å². The maximum Gasteiger partial charge on any atom is 0.371 e. The van der Waals surface area contributed by atoms with Crippen molar-refractivity contribution in [2.75, 3.05) is 37.9 Å². The summed E-state index contributed by atoms with van der Waals surface area (Å²) in [5.74, 6) is 1.73. The molecule has 6 nitrogen and oxygen atoms in total. The van der Waals surface area contributed by atoms with E-state index < -0.39 is 15.2 Å². The number of rotatable bonds is 10. The third kappa shape index (κ3) is 5.89. The van der Waals surface area contributed by atoms with Crippen molar-refractivity contribution in [2.45, 2.75) is 34.1 Å². The van der Waals surface area contributed by atoms with Crippen LogP contribution in [0.15, 0.2) is 9.29 Å². The predicted octanol–water partition coefficient (Wildman–Crippen LogP) is 5.52. The highest BCUT2D eigenvalue weighted by molar-refractivity contribution is 8.23. The molecule has 0 spiro atoms. The van der Waals surface area contributed by atoms with Gasteiger partial charge < -0.3 is 18.1 Å². The summed E-state index contributed by atoms with van der Waals surface area (Å²) in [6.07, 6.45) is 1.03. The van der Waals surface area contributed by atoms with E-state index in [1.165, 1.54) is 23.5 Å². The summed E-state index contributed by atoms with van der Waals surface area (Å²) in [5, 5.41) is 0.0760. The Bertz CT molecular complexity index is 437. The minimum absolute atomic E-state index is 0.0760. The summed E-state index contributed by atoms with van der Waals surface area (Å²) >= 11 is 3.01. The third-order valence-electron chi connectivity index (χ3n) is 2.65. The third-order valence-corrected chi connectivity index (χ3v) is 11.2. The van der Waals surface area contributed by atoms with Gasteiger partial charge in [0, 0.05) is 0 Å². The molecule has 1 saturated heterocycles. The molecule has 1 heterocycles. The van der Waals surface area contributed by atoms with Crippen molar-refractivity contribution in [2.24, 2.45) is 0 Å². The molecule has 0 N–H and O–H groups in total. The van der Waals surface area contributed by atoms with E-state index in [1.54, 1.807) is 27.7 Å². The molecule has 0 amide bonds. The normalized spacial score (nSPS) is 16.6. The van der Waals surface area contributed by atoms with Gasteiger partial charge in [-0.1, -0.05) is 0 Å². The van der Waals surface area contributed by atoms with Gasteiger partial charge in [0.1, 0.15) is 0 Å². The van der Waals surface area contributed by atoms with Crippen LogP contribution >= 0.6 is 38.7 Å². The number of hydrogen-bond donors (Lipinski definition) is 0. The van der Waals surface area contributed by atoms with Crippen LogP contribution in [0.3, 0.4) is 0 Å². The highest BCUT2D eigenvalue weighted by Crippen LogP contribution is 2.76. The van der Waals surface area contributed by atoms with Crippen molar-refractivity contribution < 1.29 is 27.2 Å². The van der Waals surface area contributed by atoms with Gasteiger partial charge >= 0.3 is 15.2 Å². The summed E-state index contributed by atoms with van der Waals surface area (Å²) in [6, 6.07) is 0. The van der Waals surface area contributed by atoms with E-state index in [-0.39, 0.29) is 31.5 Å². The van der Waals surface area contributed by atoms with Crippen LogP contribution in [0, 0.1) is 0 Å². The molecule has 0 saturated carbocycles. The molecule has 0 aromatic rings. The molecule has 0 radical (unpaired) electrons. The first-order chi connectivity index (χ1) is 11.0. The van der Waals surface area contributed by atoms with Crippen LogP contribution < -0.4 is 0 Å². The van der Waals surface area contributed by atoms with Crippen LogP contribution in [-0.4, -0.2) is 37.9 Å². The Kier molecular flexibility index (Phi) is 10.1. The molecule has 0 unspecified atom stereocenters. The molecule has 1 rings (SSSR count). The first kappa shape index (κ1) is 21.8. The van der Waals surface area contributed by atoms with Gasteiger partial charge in [0.15, 0.2) is 5.06 Å². The first-order valence-electron chi connectivity index (χ1n) is 7.76. The topological polar surface area (TPSA) is 71.1 Å². The molecular formula is C13H26O6P2S2. The van der Waals surface area contributed by atoms with Crippen LogP contribution in [0.1, 0.15) is 34.1 Å². The lowest BCUT2D eigenvalue weighted by Gasteiger charge is -2.28. The molecular weight excluding hydrogens is 378 g/mol. The van der Waals surface area contributed by atoms with Gasteiger partial charge in [-0.05, 0) is 45.6 Å². The Hall–Kier alpha value is 0.740. The Balaban J connectivity index is 3.46. The van der Waals surface area contributed by atoms with Crippen LogP contribution in [0.4, 0.5) is 0 Å². The zero-order valence-electron chi connectivity index (χ0n) is 14.1. The van der Waals surface area contributed by atoms with Crippen molar-refractivity contribution in [1.29, 1.82) is 0 Å². The largest absolute Gasteiger partial charge is 0.371 e. The fourth-order valence-electron chi connectivity index (χ4n) is 1.93. The Morgan fingerprint density at radius 3 is 1.48 bits per heavy atom. The molecule has 136 valence electrons. The zero-order chi connectivity index (χ0) is 17.3. The quantitative estimate of drug-likeness (QED) is 0.441. The van der Waals surface area contributed by atoms with Crippen LogP contribution in [-0.2, 0) is 27.2 Å². The predicted molar refractivity (Wildman–Crippen MR) is 98.3 cm³/mol. The lowest BCUT2D eigenvalue weighted by molar-refractivity contribution is 0.214. The van der Waals surface area contributed by atoms with Crippen molar-refractivity contribution in [3.63, 3.8) is 0 Å². The number of thioether (sulfide) groups is 2. The molecule has 10 heteroatoms. The molecule has 0 bridgehead atoms. The average Bonchev–Trinajstić information content (AvgIpc) is 2.49. The van der Waals surface area contributed by atoms with Crippen LogP contribution in [0.5, 0.6) is 0 Å². The second-order valence-electron chi connectivity index (χ2n) is 4.33. The monoisotopic (exact) mass is 404 g/mol. The van der Waals surface area contributed by atoms with Gasteiger partial charge in [-0.2, -0.15) is 0 Å². The molecule has 23 heavy (non-hydrogen) atoms. The summed E-state index contributed by atoms with van der Waals surface area (Å²) in [6.45, 7) is 7.62. The lowest BCUT2D eigenvalue weighted by atomic mass is 10.6. The van der Waals surface area contributed by atoms with Crippen LogP contribution in [0.25, 0.3) is 0 Å². The van der Waals surface area contributed by atoms with Gasteiger partial charge in [0.2, 0.25) is 0 Å². The van der Waals surface area contributed by atoms with Gasteiger partial charge in [0.05, 0.1) is 30.7 Å². The van der Waals surface area contributed by atoms with E-state index in [4.69, 9.17) is 18.1 Å². The molecule has 1 aliphatic rings. The van der Waals surface area contributed by atoms with Crippen molar-refractivity contribution >= 4 is 38.7 Å². The van der Waals surface area contributed by atoms with Crippen molar-refractivity contribution in [1.82, 2.24) is 0 Å². The average molecular weight is 404 g/mol. The van der Waals surface area contributed by atoms with E-state index in [2.05, 4.69) is 0 Å². The van der Waals surface area contributed by atoms with Gasteiger partial charge in [-0.3, -0.25) is 9.13 Å². The second kappa shape index (κ2) is 10.7. The molecule has 0 atom stereocenters. The summed E-state index contributed by atoms with van der Waals surface area (Å²) < 4.78 is 49.1. The van der Waals surface area contributed by atoms with E-state index in [0.717, 1.165) is 17.9 Å². The highest BCUT2D eigenvalue weighted by Gasteiger charge is 2.48. The lowest BCUT2D eigenvalue weighted by Crippen LogP contribution is -2.07. The maximum atomic E-state index is 13.3. The molecule has 1 fully saturated rings. The number of hydrogen-bond acceptors (Lipinski definition) is 8. The summed E-state index contributed by atoms with van der Waals surface area (Å²) in [7, 11) is -7.51. The highest BCUT2D eigenvalue weighted by atomic mass is 32.2. The Labute approximate surface area is 147 Å². The molecule has 0 aliphatic carbocycles. The van der Waals surface area contributed by atoms with E-state index in [0.29, 0.717) is 4.24 Å². The van der Waals surface area contributed by atoms with E-state index >= 15 is 0 Å². The summed E-state index contributed by atoms with van der Waals surface area (Å²) in [5.41, 5.74) is 0. The fraction of sp³-hybridized carbons (Fsp3) is 0.846. The smallest absolute Gasteiger partial charge is 0.305 e. The fourth-order valence-corrected chi connectivity index (χ4v) is 10.6. The molecule has 1 aliphatic heterocycles. The van der Waals surface area contributed by atoms with Crippen LogP contribution in [0.2, 0.25) is 0 Å². The first-order valence-corrected chi connectivity index (χ1v) is 12.8. The SMILES string of the molecule is CCOP(=O)(OCC)C(=C1SCCCS1)P(=O)(OCC)OCC. The Morgan fingerprint density at radius 1 is 0.826 bits per heavy atom. The van der Waals surface area contributed by atoms with Gasteiger partial charge in [0.25, 0.3) is 0 Å². The molecule has 0 aromatic heterocycles. The van der Waals surface area contributed by atoms with Gasteiger partial charge in [-0.25, -0.2) is 0 Å². The standard InChI is InChI=1S/C13H26O6P2S2/c1-5-16-20(14,17-6-2)12(13-22-10-9-11-23-13)21(15,18-7-3)19-8-4/h5-11H2,1-4H3. The summed E-state index contributed by atoms with van der Waals surface area (Å²) in [4.78, 5) is 0. The molecule has 0 aromatic carbocycles. The minimum atomic E-state index is -3.75. The zero-order valence-corrected chi connectivity index (χ0v) is 17.5. The minimum Gasteiger partial charge on any atom is -0.305 e. The van der Waals surface area contributed by atoms with Crippen molar-refractivity contribution in [3.05, 3.63) is 9.29 Å².